The second-order valence-corrected chi connectivity index (χ2v) is 12.0. The molecule has 0 aromatic heterocycles. The van der Waals surface area contributed by atoms with Crippen LogP contribution in [0.3, 0.4) is 0 Å². The Hall–Kier alpha value is -3.00. The highest BCUT2D eigenvalue weighted by Crippen LogP contribution is 2.61. The van der Waals surface area contributed by atoms with Crippen molar-refractivity contribution in [3.63, 3.8) is 0 Å². The van der Waals surface area contributed by atoms with Gasteiger partial charge in [0.15, 0.2) is 0 Å². The van der Waals surface area contributed by atoms with Crippen LogP contribution < -0.4 is 5.73 Å². The lowest BCUT2D eigenvalue weighted by Crippen LogP contribution is -2.57. The fourth-order valence-corrected chi connectivity index (χ4v) is 6.66. The average Bonchev–Trinajstić information content (AvgIpc) is 3.24. The van der Waals surface area contributed by atoms with Crippen LogP contribution in [0.15, 0.2) is 71.0 Å². The van der Waals surface area contributed by atoms with Crippen LogP contribution in [0.4, 0.5) is 0 Å². The molecule has 4 rings (SSSR count). The minimum absolute atomic E-state index is 0.0419. The number of rotatable bonds is 8. The molecule has 2 fully saturated rings. The molecule has 0 spiro atoms. The number of carbonyl (C=O) groups is 1. The van der Waals surface area contributed by atoms with Gasteiger partial charge in [0.05, 0.1) is 24.8 Å². The summed E-state index contributed by atoms with van der Waals surface area (Å²) < 4.78 is 5.53. The van der Waals surface area contributed by atoms with E-state index in [1.807, 2.05) is 57.4 Å². The van der Waals surface area contributed by atoms with Crippen molar-refractivity contribution in [2.45, 2.75) is 45.6 Å². The van der Waals surface area contributed by atoms with Crippen LogP contribution in [-0.2, 0) is 9.53 Å². The molecule has 210 valence electrons. The maximum atomic E-state index is 12.7. The molecule has 2 aliphatic carbocycles. The number of nitrogens with zero attached hydrogens (tertiary/aromatic N) is 2. The summed E-state index contributed by atoms with van der Waals surface area (Å²) in [6, 6.07) is 7.67. The first-order valence-corrected chi connectivity index (χ1v) is 13.8. The number of carbonyl (C=O) groups excluding carboxylic acids is 1. The molecule has 0 saturated heterocycles. The fourth-order valence-electron chi connectivity index (χ4n) is 6.66. The number of aliphatic hydroxyl groups is 2. The lowest BCUT2D eigenvalue weighted by atomic mass is 9.46. The number of esters is 1. The van der Waals surface area contributed by atoms with Crippen molar-refractivity contribution in [2.24, 2.45) is 33.4 Å². The molecule has 0 bridgehead atoms. The third-order valence-electron chi connectivity index (χ3n) is 9.11. The molecule has 0 radical (unpaired) electrons. The molecule has 7 nitrogen and oxygen atoms in total. The minimum Gasteiger partial charge on any atom is -0.423 e. The van der Waals surface area contributed by atoms with E-state index in [4.69, 9.17) is 10.5 Å². The van der Waals surface area contributed by atoms with Crippen molar-refractivity contribution in [1.82, 2.24) is 4.90 Å². The molecule has 2 unspecified atom stereocenters. The van der Waals surface area contributed by atoms with Crippen molar-refractivity contribution in [3.05, 3.63) is 77.1 Å². The van der Waals surface area contributed by atoms with Crippen molar-refractivity contribution >= 4 is 17.9 Å². The van der Waals surface area contributed by atoms with Gasteiger partial charge in [-0.3, -0.25) is 4.99 Å². The van der Waals surface area contributed by atoms with Gasteiger partial charge in [0, 0.05) is 23.4 Å². The van der Waals surface area contributed by atoms with Crippen LogP contribution in [0, 0.1) is 22.7 Å². The van der Waals surface area contributed by atoms with E-state index in [1.54, 1.807) is 6.08 Å². The Bertz CT molecular complexity index is 1210. The number of aliphatic imine (C=N–C) groups is 1. The first-order valence-electron chi connectivity index (χ1n) is 13.8. The molecule has 5 atom stereocenters. The molecule has 4 N–H and O–H groups in total. The summed E-state index contributed by atoms with van der Waals surface area (Å²) in [6.07, 6.45) is 10.2. The van der Waals surface area contributed by atoms with Crippen LogP contribution in [0.25, 0.3) is 6.08 Å². The molecule has 1 aromatic rings. The van der Waals surface area contributed by atoms with Gasteiger partial charge in [-0.25, -0.2) is 4.79 Å². The van der Waals surface area contributed by atoms with Crippen molar-refractivity contribution in [2.75, 3.05) is 33.8 Å². The largest absolute Gasteiger partial charge is 0.423 e. The summed E-state index contributed by atoms with van der Waals surface area (Å²) >= 11 is 0. The molecule has 1 aliphatic heterocycles. The van der Waals surface area contributed by atoms with Gasteiger partial charge in [-0.2, -0.15) is 0 Å². The number of nitrogens with two attached hydrogens (primary N) is 1. The molecular weight excluding hydrogens is 490 g/mol. The van der Waals surface area contributed by atoms with E-state index >= 15 is 0 Å². The lowest BCUT2D eigenvalue weighted by molar-refractivity contribution is -0.145. The highest BCUT2D eigenvalue weighted by Gasteiger charge is 2.57. The number of hydrogen-bond acceptors (Lipinski definition) is 6. The molecule has 2 saturated carbocycles. The van der Waals surface area contributed by atoms with Gasteiger partial charge >= 0.3 is 5.97 Å². The fraction of sp³-hybridized carbons (Fsp3) is 0.500. The van der Waals surface area contributed by atoms with Crippen LogP contribution in [-0.4, -0.2) is 66.8 Å². The third-order valence-corrected chi connectivity index (χ3v) is 9.11. The van der Waals surface area contributed by atoms with Gasteiger partial charge in [0.2, 0.25) is 0 Å². The number of ether oxygens (including phenoxy) is 1. The summed E-state index contributed by atoms with van der Waals surface area (Å²) in [7, 11) is 4.00. The second kappa shape index (κ2) is 11.6. The summed E-state index contributed by atoms with van der Waals surface area (Å²) in [6.45, 7) is 10.0. The lowest BCUT2D eigenvalue weighted by Gasteiger charge is -2.59. The number of benzene rings is 1. The molecular formula is C32H43N3O4. The predicted octanol–water partition coefficient (Wildman–Crippen LogP) is 4.08. The first kappa shape index (κ1) is 29.0. The Morgan fingerprint density at radius 3 is 2.64 bits per heavy atom. The highest BCUT2D eigenvalue weighted by atomic mass is 16.5. The van der Waals surface area contributed by atoms with E-state index in [9.17, 15) is 15.0 Å². The van der Waals surface area contributed by atoms with E-state index < -0.39 is 11.5 Å². The minimum atomic E-state index is -0.542. The SMILES string of the molecule is C=C1CCC2[C@](C)(CC[C@H](O)[C@@]2(C)CO)C1/C=C/C1=CC(=C\c2ccc(C(N)=NCCN(C)C)cc2)/OC1=O. The van der Waals surface area contributed by atoms with E-state index in [0.717, 1.165) is 42.5 Å². The number of hydrogen-bond donors (Lipinski definition) is 3. The van der Waals surface area contributed by atoms with Gasteiger partial charge in [0.1, 0.15) is 11.6 Å². The maximum absolute atomic E-state index is 12.7. The molecule has 7 heteroatoms. The van der Waals surface area contributed by atoms with Crippen molar-refractivity contribution in [3.8, 4) is 0 Å². The Morgan fingerprint density at radius 2 is 1.97 bits per heavy atom. The van der Waals surface area contributed by atoms with Crippen LogP contribution in [0.5, 0.6) is 0 Å². The van der Waals surface area contributed by atoms with Gasteiger partial charge in [-0.05, 0) is 68.8 Å². The van der Waals surface area contributed by atoms with Gasteiger partial charge in [0.25, 0.3) is 0 Å². The van der Waals surface area contributed by atoms with E-state index in [1.165, 1.54) is 0 Å². The van der Waals surface area contributed by atoms with Gasteiger partial charge in [-0.1, -0.05) is 62.4 Å². The third kappa shape index (κ3) is 5.96. The second-order valence-electron chi connectivity index (χ2n) is 12.0. The van der Waals surface area contributed by atoms with E-state index in [2.05, 4.69) is 29.5 Å². The van der Waals surface area contributed by atoms with Crippen molar-refractivity contribution in [1.29, 1.82) is 0 Å². The molecule has 0 amide bonds. The zero-order valence-electron chi connectivity index (χ0n) is 23.7. The number of likely N-dealkylation sites (N-methyl/N-ethyl adjacent to an activating group) is 1. The van der Waals surface area contributed by atoms with Crippen LogP contribution in [0.1, 0.15) is 50.7 Å². The molecule has 1 aromatic carbocycles. The van der Waals surface area contributed by atoms with Crippen molar-refractivity contribution < 1.29 is 19.7 Å². The highest BCUT2D eigenvalue weighted by molar-refractivity contribution is 5.98. The Balaban J connectivity index is 1.49. The van der Waals surface area contributed by atoms with Gasteiger partial charge < -0.3 is 25.6 Å². The summed E-state index contributed by atoms with van der Waals surface area (Å²) in [5.74, 6) is 0.819. The summed E-state index contributed by atoms with van der Waals surface area (Å²) in [5.41, 5.74) is 8.80. The normalized spacial score (nSPS) is 32.6. The molecule has 1 heterocycles. The van der Waals surface area contributed by atoms with Gasteiger partial charge in [-0.15, -0.1) is 0 Å². The maximum Gasteiger partial charge on any atom is 0.343 e. The van der Waals surface area contributed by atoms with E-state index in [-0.39, 0.29) is 29.8 Å². The summed E-state index contributed by atoms with van der Waals surface area (Å²) in [5, 5.41) is 20.9. The predicted molar refractivity (Wildman–Crippen MR) is 156 cm³/mol. The van der Waals surface area contributed by atoms with Crippen LogP contribution in [0.2, 0.25) is 0 Å². The quantitative estimate of drug-likeness (QED) is 0.201. The summed E-state index contributed by atoms with van der Waals surface area (Å²) in [4.78, 5) is 19.1. The zero-order valence-corrected chi connectivity index (χ0v) is 23.7. The number of fused-ring (bicyclic) bond motifs is 1. The molecule has 39 heavy (non-hydrogen) atoms. The number of aliphatic hydroxyl groups excluding tert-OH is 2. The number of allylic oxidation sites excluding steroid dienone is 3. The Morgan fingerprint density at radius 1 is 1.26 bits per heavy atom. The van der Waals surface area contributed by atoms with Crippen LogP contribution >= 0.6 is 0 Å². The smallest absolute Gasteiger partial charge is 0.343 e. The Kier molecular flexibility index (Phi) is 8.64. The average molecular weight is 534 g/mol. The number of amidine groups is 1. The monoisotopic (exact) mass is 533 g/mol. The number of cyclic esters (lactones) is 1. The first-order chi connectivity index (χ1) is 18.5. The zero-order chi connectivity index (χ0) is 28.4. The Labute approximate surface area is 232 Å². The topological polar surface area (TPSA) is 108 Å². The standard InChI is InChI=1S/C32H43N3O4/c1-21-6-13-27-31(2,15-14-28(37)32(27,3)20-36)26(21)12-11-24-19-25(39-30(24)38)18-22-7-9-23(10-8-22)29(33)34-16-17-35(4)5/h7-12,18-19,26-28,36-37H,1,6,13-17,20H2,2-5H3,(H2,33,34)/b12-11+,25-18+/t26?,27?,28-,31+,32-/m0/s1. The van der Waals surface area contributed by atoms with E-state index in [0.29, 0.717) is 30.1 Å². The molecule has 3 aliphatic rings.